The lowest BCUT2D eigenvalue weighted by molar-refractivity contribution is -0.123. The van der Waals surface area contributed by atoms with Crippen LogP contribution < -0.4 is 0 Å². The van der Waals surface area contributed by atoms with E-state index in [2.05, 4.69) is 81.1 Å². The van der Waals surface area contributed by atoms with Crippen molar-refractivity contribution in [2.24, 2.45) is 0 Å². The Kier molecular flexibility index (Phi) is 13.0. The van der Waals surface area contributed by atoms with Crippen molar-refractivity contribution in [3.05, 3.63) is 45.1 Å². The first kappa shape index (κ1) is 28.6. The van der Waals surface area contributed by atoms with Crippen molar-refractivity contribution in [2.45, 2.75) is 6.54 Å². The number of nitrogens with zero attached hydrogens (tertiary/aromatic N) is 3. The Morgan fingerprint density at radius 2 is 1.29 bits per heavy atom. The van der Waals surface area contributed by atoms with Gasteiger partial charge < -0.3 is 15.1 Å². The van der Waals surface area contributed by atoms with Crippen LogP contribution in [0.2, 0.25) is 0 Å². The van der Waals surface area contributed by atoms with Gasteiger partial charge in [-0.25, -0.2) is 0 Å². The van der Waals surface area contributed by atoms with Crippen molar-refractivity contribution in [2.75, 3.05) is 53.4 Å². The Labute approximate surface area is 221 Å². The summed E-state index contributed by atoms with van der Waals surface area (Å²) in [5.41, 5.74) is 0. The highest BCUT2D eigenvalue weighted by Gasteiger charge is 2.18. The van der Waals surface area contributed by atoms with Crippen LogP contribution in [0.25, 0.3) is 19.5 Å². The summed E-state index contributed by atoms with van der Waals surface area (Å²) >= 11 is 9.21. The molecular weight excluding hydrogens is 558 g/mol. The predicted octanol–water partition coefficient (Wildman–Crippen LogP) is 5.05. The molecule has 7 nitrogen and oxygen atoms in total. The van der Waals surface area contributed by atoms with Gasteiger partial charge in [-0.1, -0.05) is 0 Å². The maximum absolute atomic E-state index is 8.36. The van der Waals surface area contributed by atoms with Crippen molar-refractivity contribution in [1.29, 1.82) is 0 Å². The molecule has 0 spiro atoms. The lowest BCUT2D eigenvalue weighted by Gasteiger charge is -2.34. The van der Waals surface area contributed by atoms with Crippen LogP contribution in [0, 0.1) is 0 Å². The molecule has 0 bridgehead atoms. The quantitative estimate of drug-likeness (QED) is 0.374. The molecule has 0 unspecified atom stereocenters. The lowest BCUT2D eigenvalue weighted by atomic mass is 10.3. The highest BCUT2D eigenvalue weighted by molar-refractivity contribution is 9.11. The molecule has 186 valence electrons. The summed E-state index contributed by atoms with van der Waals surface area (Å²) in [7, 11) is 4.31. The first-order valence-corrected chi connectivity index (χ1v) is 13.8. The summed E-state index contributed by atoms with van der Waals surface area (Å²) in [5.74, 6) is 0. The van der Waals surface area contributed by atoms with Gasteiger partial charge in [0.15, 0.2) is 0 Å². The highest BCUT2D eigenvalue weighted by atomic mass is 79.9. The standard InChI is InChI=1S/C21H26BrN3S3.2CH2O2/c1-23(2)9-10-24-11-13-25(14-12-24)15-16-3-4-17(26-16)18-5-6-19(27-18)20-7-8-21(22)28-20;2*2-1-3/h3-8H,9-15H2,1-2H3;2*1H,(H,2,3). The zero-order valence-corrected chi connectivity index (χ0v) is 23.3. The lowest BCUT2D eigenvalue weighted by Crippen LogP contribution is -2.47. The van der Waals surface area contributed by atoms with Crippen molar-refractivity contribution in [3.63, 3.8) is 0 Å². The zero-order chi connectivity index (χ0) is 24.9. The molecule has 4 heterocycles. The molecule has 2 N–H and O–H groups in total. The van der Waals surface area contributed by atoms with Crippen molar-refractivity contribution in [3.8, 4) is 19.5 Å². The number of halogens is 1. The van der Waals surface area contributed by atoms with Gasteiger partial charge in [0.05, 0.1) is 3.79 Å². The average molecular weight is 589 g/mol. The van der Waals surface area contributed by atoms with E-state index < -0.39 is 0 Å². The van der Waals surface area contributed by atoms with Gasteiger partial charge in [0.25, 0.3) is 12.9 Å². The van der Waals surface area contributed by atoms with Crippen LogP contribution in [0.1, 0.15) is 4.88 Å². The SMILES string of the molecule is CN(C)CCN1CCN(Cc2ccc(-c3ccc(-c4ccc(Br)s4)s3)s2)CC1.O=CO.O=CO. The minimum atomic E-state index is -0.250. The molecular formula is C23H30BrN3O4S3. The molecule has 0 saturated carbocycles. The smallest absolute Gasteiger partial charge is 0.290 e. The van der Waals surface area contributed by atoms with E-state index in [0.717, 1.165) is 13.1 Å². The van der Waals surface area contributed by atoms with Crippen LogP contribution in [-0.2, 0) is 16.1 Å². The molecule has 4 rings (SSSR count). The van der Waals surface area contributed by atoms with E-state index in [1.54, 1.807) is 11.3 Å². The third-order valence-corrected chi connectivity index (χ3v) is 9.20. The fourth-order valence-electron chi connectivity index (χ4n) is 3.38. The van der Waals surface area contributed by atoms with Gasteiger partial charge in [0.2, 0.25) is 0 Å². The molecule has 1 fully saturated rings. The van der Waals surface area contributed by atoms with Crippen molar-refractivity contribution in [1.82, 2.24) is 14.7 Å². The highest BCUT2D eigenvalue weighted by Crippen LogP contribution is 2.40. The number of rotatable bonds is 7. The van der Waals surface area contributed by atoms with E-state index in [1.165, 1.54) is 60.9 Å². The summed E-state index contributed by atoms with van der Waals surface area (Å²) in [6, 6.07) is 13.5. The Balaban J connectivity index is 0.000000618. The molecule has 0 aliphatic carbocycles. The van der Waals surface area contributed by atoms with Gasteiger partial charge in [0.1, 0.15) is 0 Å². The topological polar surface area (TPSA) is 84.3 Å². The van der Waals surface area contributed by atoms with Gasteiger partial charge in [-0.3, -0.25) is 19.4 Å². The van der Waals surface area contributed by atoms with Gasteiger partial charge in [0, 0.05) is 70.2 Å². The Morgan fingerprint density at radius 1 is 0.824 bits per heavy atom. The molecule has 0 atom stereocenters. The van der Waals surface area contributed by atoms with E-state index in [1.807, 2.05) is 22.7 Å². The van der Waals surface area contributed by atoms with Crippen molar-refractivity contribution < 1.29 is 19.8 Å². The van der Waals surface area contributed by atoms with Gasteiger partial charge in [-0.2, -0.15) is 0 Å². The Bertz CT molecular complexity index is 991. The fourth-order valence-corrected chi connectivity index (χ4v) is 7.00. The molecule has 0 radical (unpaired) electrons. The Hall–Kier alpha value is -1.60. The van der Waals surface area contributed by atoms with Crippen LogP contribution in [0.3, 0.4) is 0 Å². The third kappa shape index (κ3) is 9.57. The Morgan fingerprint density at radius 3 is 1.82 bits per heavy atom. The summed E-state index contributed by atoms with van der Waals surface area (Å²) in [4.78, 5) is 31.1. The van der Waals surface area contributed by atoms with E-state index in [-0.39, 0.29) is 12.9 Å². The second-order valence-corrected chi connectivity index (χ2v) is 12.4. The van der Waals surface area contributed by atoms with Gasteiger partial charge in [-0.15, -0.1) is 34.0 Å². The number of carbonyl (C=O) groups is 2. The molecule has 34 heavy (non-hydrogen) atoms. The fraction of sp³-hybridized carbons (Fsp3) is 0.391. The zero-order valence-electron chi connectivity index (χ0n) is 19.2. The maximum atomic E-state index is 8.36. The molecule has 0 aromatic carbocycles. The molecule has 11 heteroatoms. The number of thiophene rings is 3. The molecule has 3 aromatic rings. The molecule has 0 amide bonds. The van der Waals surface area contributed by atoms with Gasteiger partial charge in [-0.05, 0) is 66.4 Å². The summed E-state index contributed by atoms with van der Waals surface area (Å²) in [6.45, 7) is 7.66. The largest absolute Gasteiger partial charge is 0.483 e. The normalized spacial score (nSPS) is 14.1. The minimum absolute atomic E-state index is 0.250. The van der Waals surface area contributed by atoms with E-state index in [0.29, 0.717) is 0 Å². The summed E-state index contributed by atoms with van der Waals surface area (Å²) < 4.78 is 1.19. The maximum Gasteiger partial charge on any atom is 0.290 e. The first-order valence-electron chi connectivity index (χ1n) is 10.6. The van der Waals surface area contributed by atoms with Crippen LogP contribution in [0.5, 0.6) is 0 Å². The van der Waals surface area contributed by atoms with Gasteiger partial charge >= 0.3 is 0 Å². The monoisotopic (exact) mass is 587 g/mol. The van der Waals surface area contributed by atoms with Crippen LogP contribution in [-0.4, -0.2) is 91.2 Å². The van der Waals surface area contributed by atoms with E-state index >= 15 is 0 Å². The molecule has 1 aliphatic rings. The number of hydrogen-bond acceptors (Lipinski definition) is 8. The summed E-state index contributed by atoms with van der Waals surface area (Å²) in [6.07, 6.45) is 0. The number of piperazine rings is 1. The van der Waals surface area contributed by atoms with Crippen LogP contribution in [0.4, 0.5) is 0 Å². The number of hydrogen-bond donors (Lipinski definition) is 2. The summed E-state index contributed by atoms with van der Waals surface area (Å²) in [5, 5.41) is 13.8. The van der Waals surface area contributed by atoms with E-state index in [9.17, 15) is 0 Å². The molecule has 1 saturated heterocycles. The van der Waals surface area contributed by atoms with E-state index in [4.69, 9.17) is 19.8 Å². The second-order valence-electron chi connectivity index (χ2n) is 7.67. The first-order chi connectivity index (χ1) is 16.4. The number of carboxylic acid groups (broad SMARTS) is 2. The van der Waals surface area contributed by atoms with Crippen molar-refractivity contribution >= 4 is 62.9 Å². The second kappa shape index (κ2) is 15.4. The molecule has 1 aliphatic heterocycles. The third-order valence-electron chi connectivity index (χ3n) is 5.03. The predicted molar refractivity (Wildman–Crippen MR) is 146 cm³/mol. The van der Waals surface area contributed by atoms with Crippen LogP contribution >= 0.6 is 49.9 Å². The average Bonchev–Trinajstić information content (AvgIpc) is 3.55. The van der Waals surface area contributed by atoms with Crippen LogP contribution in [0.15, 0.2) is 40.2 Å². The molecule has 3 aromatic heterocycles. The number of likely N-dealkylation sites (N-methyl/N-ethyl adjacent to an activating group) is 1. The minimum Gasteiger partial charge on any atom is -0.483 e.